The molecule has 0 unspecified atom stereocenters. The van der Waals surface area contributed by atoms with Crippen molar-refractivity contribution in [2.75, 3.05) is 25.0 Å². The van der Waals surface area contributed by atoms with Crippen molar-refractivity contribution in [3.63, 3.8) is 0 Å². The number of pyridine rings is 2. The van der Waals surface area contributed by atoms with Crippen LogP contribution in [0, 0.1) is 6.92 Å². The number of anilines is 1. The minimum Gasteiger partial charge on any atom is -0.370 e. The Labute approximate surface area is 307 Å². The molecule has 2 saturated heterocycles. The molecule has 0 aliphatic carbocycles. The second-order valence-corrected chi connectivity index (χ2v) is 13.9. The van der Waals surface area contributed by atoms with Gasteiger partial charge in [-0.2, -0.15) is 0 Å². The van der Waals surface area contributed by atoms with E-state index in [2.05, 4.69) is 56.7 Å². The molecule has 7 rings (SSSR count). The Hall–Kier alpha value is -5.10. The molecule has 5 N–H and O–H groups in total. The number of halogens is 1. The Kier molecular flexibility index (Phi) is 10.6. The summed E-state index contributed by atoms with van der Waals surface area (Å²) < 4.78 is 1.57. The van der Waals surface area contributed by atoms with Crippen LogP contribution < -0.4 is 32.1 Å². The summed E-state index contributed by atoms with van der Waals surface area (Å²) in [5.74, 6) is 0.987. The molecule has 5 heterocycles. The SMILES string of the molecule is CCNc1nc(-c2cccc(-c3cccc(-c4ccn5c(=O)c(CNC[C@@H]6CCC(=O)N6)cnc5c4)c3C)c2Cl)ccc1CNC[C@@H]1CCC(=O)N1. The maximum absolute atomic E-state index is 13.3. The quantitative estimate of drug-likeness (QED) is 0.112. The molecule has 11 nitrogen and oxygen atoms in total. The van der Waals surface area contributed by atoms with Gasteiger partial charge in [0.15, 0.2) is 0 Å². The van der Waals surface area contributed by atoms with Crippen molar-refractivity contribution in [2.24, 2.45) is 0 Å². The van der Waals surface area contributed by atoms with Crippen LogP contribution in [0.15, 0.2) is 77.9 Å². The highest BCUT2D eigenvalue weighted by atomic mass is 35.5. The number of benzene rings is 2. The number of aromatic nitrogens is 3. The summed E-state index contributed by atoms with van der Waals surface area (Å²) in [6.45, 7) is 7.17. The van der Waals surface area contributed by atoms with Gasteiger partial charge in [0.25, 0.3) is 5.56 Å². The van der Waals surface area contributed by atoms with Crippen molar-refractivity contribution >= 4 is 34.9 Å². The van der Waals surface area contributed by atoms with Crippen LogP contribution in [0.25, 0.3) is 39.2 Å². The molecule has 12 heteroatoms. The molecule has 2 amide bonds. The van der Waals surface area contributed by atoms with Gasteiger partial charge in [-0.1, -0.05) is 54.1 Å². The number of nitrogens with one attached hydrogen (secondary N) is 5. The lowest BCUT2D eigenvalue weighted by Gasteiger charge is -2.17. The molecule has 2 aromatic carbocycles. The van der Waals surface area contributed by atoms with E-state index in [1.807, 2.05) is 49.4 Å². The smallest absolute Gasteiger partial charge is 0.262 e. The number of nitrogens with zero attached hydrogens (tertiary/aromatic N) is 3. The zero-order valence-corrected chi connectivity index (χ0v) is 30.1. The Balaban J connectivity index is 1.11. The third kappa shape index (κ3) is 7.57. The van der Waals surface area contributed by atoms with Crippen LogP contribution in [0.2, 0.25) is 5.02 Å². The number of fused-ring (bicyclic) bond motifs is 1. The lowest BCUT2D eigenvalue weighted by Crippen LogP contribution is -2.36. The van der Waals surface area contributed by atoms with E-state index >= 15 is 0 Å². The maximum atomic E-state index is 13.3. The summed E-state index contributed by atoms with van der Waals surface area (Å²) in [6, 6.07) is 20.4. The van der Waals surface area contributed by atoms with Crippen molar-refractivity contribution in [1.82, 2.24) is 35.6 Å². The van der Waals surface area contributed by atoms with E-state index in [1.165, 1.54) is 0 Å². The third-order valence-electron chi connectivity index (χ3n) is 9.90. The molecule has 2 aliphatic rings. The van der Waals surface area contributed by atoms with Gasteiger partial charge in [0, 0.05) is 92.3 Å². The molecule has 0 radical (unpaired) electrons. The highest BCUT2D eigenvalue weighted by Crippen LogP contribution is 2.40. The second kappa shape index (κ2) is 15.6. The number of amides is 2. The number of carbonyl (C=O) groups is 2. The fourth-order valence-corrected chi connectivity index (χ4v) is 7.43. The first-order valence-electron chi connectivity index (χ1n) is 17.9. The lowest BCUT2D eigenvalue weighted by molar-refractivity contribution is -0.120. The molecule has 52 heavy (non-hydrogen) atoms. The Bertz CT molecular complexity index is 2200. The molecule has 3 aromatic heterocycles. The summed E-state index contributed by atoms with van der Waals surface area (Å²) in [7, 11) is 0. The fourth-order valence-electron chi connectivity index (χ4n) is 7.10. The first-order valence-corrected chi connectivity index (χ1v) is 18.3. The Morgan fingerprint density at radius 3 is 2.15 bits per heavy atom. The molecule has 268 valence electrons. The van der Waals surface area contributed by atoms with E-state index in [0.717, 1.165) is 69.8 Å². The van der Waals surface area contributed by atoms with Crippen LogP contribution in [0.3, 0.4) is 0 Å². The van der Waals surface area contributed by atoms with Crippen molar-refractivity contribution in [3.05, 3.63) is 105 Å². The molecule has 5 aromatic rings. The van der Waals surface area contributed by atoms with Crippen molar-refractivity contribution in [3.8, 4) is 33.5 Å². The third-order valence-corrected chi connectivity index (χ3v) is 10.3. The second-order valence-electron chi connectivity index (χ2n) is 13.5. The Morgan fingerprint density at radius 1 is 0.827 bits per heavy atom. The van der Waals surface area contributed by atoms with Gasteiger partial charge in [0.2, 0.25) is 11.8 Å². The van der Waals surface area contributed by atoms with E-state index < -0.39 is 0 Å². The molecule has 0 spiro atoms. The topological polar surface area (TPSA) is 142 Å². The first-order chi connectivity index (χ1) is 25.3. The zero-order chi connectivity index (χ0) is 36.2. The number of carbonyl (C=O) groups excluding carboxylic acids is 2. The van der Waals surface area contributed by atoms with Crippen LogP contribution >= 0.6 is 11.6 Å². The molecule has 2 atom stereocenters. The van der Waals surface area contributed by atoms with Gasteiger partial charge >= 0.3 is 0 Å². The summed E-state index contributed by atoms with van der Waals surface area (Å²) in [5.41, 5.74) is 8.57. The van der Waals surface area contributed by atoms with Gasteiger partial charge in [-0.25, -0.2) is 9.97 Å². The van der Waals surface area contributed by atoms with Crippen LogP contribution in [0.5, 0.6) is 0 Å². The van der Waals surface area contributed by atoms with Gasteiger partial charge in [0.05, 0.1) is 10.7 Å². The largest absolute Gasteiger partial charge is 0.370 e. The average Bonchev–Trinajstić information content (AvgIpc) is 3.77. The van der Waals surface area contributed by atoms with Crippen molar-refractivity contribution in [2.45, 2.75) is 64.7 Å². The summed E-state index contributed by atoms with van der Waals surface area (Å²) >= 11 is 7.20. The normalized spacial score (nSPS) is 17.1. The number of rotatable bonds is 13. The van der Waals surface area contributed by atoms with Crippen LogP contribution in [0.4, 0.5) is 5.82 Å². The molecule has 0 saturated carbocycles. The minimum atomic E-state index is -0.122. The minimum absolute atomic E-state index is 0.0725. The number of hydrogen-bond acceptors (Lipinski definition) is 8. The molecular formula is C40H43ClN8O3. The van der Waals surface area contributed by atoms with Gasteiger partial charge < -0.3 is 26.6 Å². The van der Waals surface area contributed by atoms with E-state index in [4.69, 9.17) is 16.6 Å². The lowest BCUT2D eigenvalue weighted by atomic mass is 9.92. The predicted molar refractivity (Wildman–Crippen MR) is 205 cm³/mol. The maximum Gasteiger partial charge on any atom is 0.262 e. The highest BCUT2D eigenvalue weighted by molar-refractivity contribution is 6.36. The van der Waals surface area contributed by atoms with E-state index in [-0.39, 0.29) is 29.5 Å². The summed E-state index contributed by atoms with van der Waals surface area (Å²) in [6.07, 6.45) is 6.19. The number of hydrogen-bond donors (Lipinski definition) is 5. The fraction of sp³-hybridized carbons (Fsp3) is 0.325. The first kappa shape index (κ1) is 35.3. The zero-order valence-electron chi connectivity index (χ0n) is 29.4. The van der Waals surface area contributed by atoms with Gasteiger partial charge in [0.1, 0.15) is 11.5 Å². The molecule has 0 bridgehead atoms. The van der Waals surface area contributed by atoms with Crippen molar-refractivity contribution < 1.29 is 9.59 Å². The van der Waals surface area contributed by atoms with Crippen LogP contribution in [-0.4, -0.2) is 57.9 Å². The van der Waals surface area contributed by atoms with E-state index in [9.17, 15) is 14.4 Å². The van der Waals surface area contributed by atoms with Crippen LogP contribution in [0.1, 0.15) is 49.3 Å². The van der Waals surface area contributed by atoms with Gasteiger partial charge in [-0.15, -0.1) is 0 Å². The monoisotopic (exact) mass is 718 g/mol. The van der Waals surface area contributed by atoms with Gasteiger partial charge in [-0.3, -0.25) is 18.8 Å². The summed E-state index contributed by atoms with van der Waals surface area (Å²) in [5, 5.41) is 16.7. The van der Waals surface area contributed by atoms with Crippen molar-refractivity contribution in [1.29, 1.82) is 0 Å². The predicted octanol–water partition coefficient (Wildman–Crippen LogP) is 5.22. The molecule has 2 aliphatic heterocycles. The van der Waals surface area contributed by atoms with E-state index in [1.54, 1.807) is 16.8 Å². The van der Waals surface area contributed by atoms with Crippen LogP contribution in [-0.2, 0) is 22.7 Å². The highest BCUT2D eigenvalue weighted by Gasteiger charge is 2.22. The standard InChI is InChI=1S/C40H43ClN8O3/c1-3-44-39-26(19-42-22-28-11-14-36(50)46-28)10-13-34(48-39)33-9-5-8-32(38(33)41)31-7-4-6-30(24(31)2)25-16-17-49-35(18-25)45-21-27(40(49)52)20-43-23-29-12-15-37(51)47-29/h4-10,13,16-18,21,28-29,42-43H,3,11-12,14-15,19-20,22-23H2,1-2H3,(H,44,48)(H,46,50)(H,47,51)/t28-,29-/m0/s1. The Morgan fingerprint density at radius 2 is 1.48 bits per heavy atom. The van der Waals surface area contributed by atoms with Gasteiger partial charge in [-0.05, 0) is 67.1 Å². The average molecular weight is 719 g/mol. The molecular weight excluding hydrogens is 676 g/mol. The molecule has 2 fully saturated rings. The summed E-state index contributed by atoms with van der Waals surface area (Å²) in [4.78, 5) is 46.0. The van der Waals surface area contributed by atoms with E-state index in [0.29, 0.717) is 55.3 Å².